The number of carbonyl (C=O) groups excluding carboxylic acids is 2. The predicted molar refractivity (Wildman–Crippen MR) is 122 cm³/mol. The summed E-state index contributed by atoms with van der Waals surface area (Å²) >= 11 is 0. The summed E-state index contributed by atoms with van der Waals surface area (Å²) in [6, 6.07) is 19.0. The molecule has 0 aliphatic carbocycles. The fraction of sp³-hybridized carbons (Fsp3) is 0.440. The number of carbonyl (C=O) groups is 2. The van der Waals surface area contributed by atoms with E-state index in [-0.39, 0.29) is 23.8 Å². The highest BCUT2D eigenvalue weighted by atomic mass is 16.2. The zero-order valence-electron chi connectivity index (χ0n) is 18.6. The third-order valence-corrected chi connectivity index (χ3v) is 5.20. The van der Waals surface area contributed by atoms with Gasteiger partial charge in [0, 0.05) is 13.0 Å². The number of hydrogen-bond donors (Lipinski definition) is 2. The van der Waals surface area contributed by atoms with Crippen LogP contribution in [0.15, 0.2) is 60.7 Å². The van der Waals surface area contributed by atoms with E-state index in [4.69, 9.17) is 0 Å². The van der Waals surface area contributed by atoms with Crippen LogP contribution in [0.5, 0.6) is 0 Å². The number of likely N-dealkylation sites (N-methyl/N-ethyl adjacent to an activating group) is 1. The smallest absolute Gasteiger partial charge is 0.247 e. The van der Waals surface area contributed by atoms with Gasteiger partial charge in [0.2, 0.25) is 11.8 Å². The van der Waals surface area contributed by atoms with Gasteiger partial charge in [0.15, 0.2) is 0 Å². The van der Waals surface area contributed by atoms with Gasteiger partial charge in [0.25, 0.3) is 0 Å². The molecule has 2 N–H and O–H groups in total. The second kappa shape index (κ2) is 12.1. The minimum Gasteiger partial charge on any atom is -0.352 e. The fourth-order valence-electron chi connectivity index (χ4n) is 3.63. The Bertz CT molecular complexity index is 773. The van der Waals surface area contributed by atoms with Crippen LogP contribution in [0.2, 0.25) is 0 Å². The molecule has 2 unspecified atom stereocenters. The number of amides is 2. The van der Waals surface area contributed by atoms with Gasteiger partial charge in [0.05, 0.1) is 6.04 Å². The van der Waals surface area contributed by atoms with E-state index in [2.05, 4.69) is 41.5 Å². The van der Waals surface area contributed by atoms with Crippen LogP contribution in [0.4, 0.5) is 0 Å². The lowest BCUT2D eigenvalue weighted by atomic mass is 10.0. The molecule has 0 aliphatic heterocycles. The highest BCUT2D eigenvalue weighted by Gasteiger charge is 2.25. The molecule has 2 aromatic rings. The summed E-state index contributed by atoms with van der Waals surface area (Å²) < 4.78 is 0. The van der Waals surface area contributed by atoms with Crippen LogP contribution in [-0.2, 0) is 9.59 Å². The van der Waals surface area contributed by atoms with Crippen LogP contribution in [-0.4, -0.2) is 36.3 Å². The Balaban J connectivity index is 2.17. The van der Waals surface area contributed by atoms with Gasteiger partial charge < -0.3 is 10.6 Å². The highest BCUT2D eigenvalue weighted by Crippen LogP contribution is 2.20. The van der Waals surface area contributed by atoms with Crippen molar-refractivity contribution in [1.82, 2.24) is 15.5 Å². The van der Waals surface area contributed by atoms with Crippen LogP contribution in [0.1, 0.15) is 57.3 Å². The summed E-state index contributed by atoms with van der Waals surface area (Å²) in [5.41, 5.74) is 1.95. The maximum Gasteiger partial charge on any atom is 0.247 e. The maximum absolute atomic E-state index is 13.2. The fourth-order valence-corrected chi connectivity index (χ4v) is 3.63. The third-order valence-electron chi connectivity index (χ3n) is 5.20. The lowest BCUT2D eigenvalue weighted by Gasteiger charge is -2.31. The van der Waals surface area contributed by atoms with E-state index in [0.717, 1.165) is 18.7 Å². The third kappa shape index (κ3) is 6.99. The topological polar surface area (TPSA) is 61.4 Å². The van der Waals surface area contributed by atoms with Crippen molar-refractivity contribution >= 4 is 11.8 Å². The largest absolute Gasteiger partial charge is 0.352 e. The molecule has 0 saturated heterocycles. The van der Waals surface area contributed by atoms with Gasteiger partial charge in [-0.2, -0.15) is 0 Å². The molecule has 0 aromatic heterocycles. The molecule has 2 amide bonds. The Hall–Kier alpha value is -2.66. The van der Waals surface area contributed by atoms with Crippen LogP contribution in [0.25, 0.3) is 0 Å². The van der Waals surface area contributed by atoms with Crippen LogP contribution < -0.4 is 10.6 Å². The van der Waals surface area contributed by atoms with Gasteiger partial charge in [-0.05, 0) is 30.1 Å². The van der Waals surface area contributed by atoms with Crippen molar-refractivity contribution in [2.24, 2.45) is 5.92 Å². The summed E-state index contributed by atoms with van der Waals surface area (Å²) in [6.07, 6.45) is 0.392. The van der Waals surface area contributed by atoms with E-state index in [1.807, 2.05) is 62.4 Å². The molecular weight excluding hydrogens is 374 g/mol. The summed E-state index contributed by atoms with van der Waals surface area (Å²) in [5.74, 6) is -0.0710. The van der Waals surface area contributed by atoms with E-state index < -0.39 is 6.04 Å². The maximum atomic E-state index is 13.2. The second-order valence-corrected chi connectivity index (χ2v) is 7.90. The average Bonchev–Trinajstić information content (AvgIpc) is 2.75. The summed E-state index contributed by atoms with van der Waals surface area (Å²) in [5, 5.41) is 6.01. The van der Waals surface area contributed by atoms with Crippen molar-refractivity contribution in [3.05, 3.63) is 71.8 Å². The standard InChI is InChI=1S/C25H35N3O2/c1-5-28(6-2)22(20-13-9-7-10-14-20)18-26-25(30)24(21-15-11-8-12-16-21)27-23(29)17-19(3)4/h7-16,19,22,24H,5-6,17-18H2,1-4H3,(H,26,30)(H,27,29). The van der Waals surface area contributed by atoms with Crippen LogP contribution in [0, 0.1) is 5.92 Å². The molecule has 5 nitrogen and oxygen atoms in total. The molecule has 2 aromatic carbocycles. The summed E-state index contributed by atoms with van der Waals surface area (Å²) in [6.45, 7) is 10.5. The molecule has 0 radical (unpaired) electrons. The SMILES string of the molecule is CCN(CC)C(CNC(=O)C(NC(=O)CC(C)C)c1ccccc1)c1ccccc1. The van der Waals surface area contributed by atoms with Crippen molar-refractivity contribution in [1.29, 1.82) is 0 Å². The quantitative estimate of drug-likeness (QED) is 0.588. The van der Waals surface area contributed by atoms with E-state index >= 15 is 0 Å². The first-order chi connectivity index (χ1) is 14.5. The van der Waals surface area contributed by atoms with Crippen molar-refractivity contribution in [3.63, 3.8) is 0 Å². The number of benzene rings is 2. The van der Waals surface area contributed by atoms with E-state index in [1.54, 1.807) is 0 Å². The minimum absolute atomic E-state index is 0.0768. The number of rotatable bonds is 11. The predicted octanol–water partition coefficient (Wildman–Crippen LogP) is 4.09. The lowest BCUT2D eigenvalue weighted by molar-refractivity contribution is -0.129. The van der Waals surface area contributed by atoms with Gasteiger partial charge in [-0.15, -0.1) is 0 Å². The molecule has 5 heteroatoms. The monoisotopic (exact) mass is 409 g/mol. The summed E-state index contributed by atoms with van der Waals surface area (Å²) in [7, 11) is 0. The van der Waals surface area contributed by atoms with Crippen molar-refractivity contribution in [3.8, 4) is 0 Å². The molecule has 30 heavy (non-hydrogen) atoms. The number of hydrogen-bond acceptors (Lipinski definition) is 3. The molecule has 2 rings (SSSR count). The molecular formula is C25H35N3O2. The van der Waals surface area contributed by atoms with Crippen molar-refractivity contribution < 1.29 is 9.59 Å². The zero-order valence-corrected chi connectivity index (χ0v) is 18.6. The molecule has 2 atom stereocenters. The second-order valence-electron chi connectivity index (χ2n) is 7.90. The van der Waals surface area contributed by atoms with Gasteiger partial charge in [-0.1, -0.05) is 88.4 Å². The first-order valence-electron chi connectivity index (χ1n) is 10.9. The van der Waals surface area contributed by atoms with E-state index in [9.17, 15) is 9.59 Å². The van der Waals surface area contributed by atoms with Crippen molar-refractivity contribution in [2.45, 2.75) is 46.2 Å². The Morgan fingerprint density at radius 2 is 1.40 bits per heavy atom. The Kier molecular flexibility index (Phi) is 9.55. The first-order valence-corrected chi connectivity index (χ1v) is 10.9. The molecule has 0 saturated carbocycles. The van der Waals surface area contributed by atoms with Crippen LogP contribution >= 0.6 is 0 Å². The molecule has 0 bridgehead atoms. The molecule has 0 heterocycles. The Labute approximate surface area is 180 Å². The Morgan fingerprint density at radius 1 is 0.867 bits per heavy atom. The van der Waals surface area contributed by atoms with Gasteiger partial charge >= 0.3 is 0 Å². The number of nitrogens with one attached hydrogen (secondary N) is 2. The van der Waals surface area contributed by atoms with E-state index in [0.29, 0.717) is 13.0 Å². The molecule has 0 fully saturated rings. The summed E-state index contributed by atoms with van der Waals surface area (Å²) in [4.78, 5) is 27.9. The zero-order chi connectivity index (χ0) is 21.9. The average molecular weight is 410 g/mol. The normalized spacial score (nSPS) is 13.1. The van der Waals surface area contributed by atoms with Crippen molar-refractivity contribution in [2.75, 3.05) is 19.6 Å². The highest BCUT2D eigenvalue weighted by molar-refractivity contribution is 5.88. The van der Waals surface area contributed by atoms with Crippen LogP contribution in [0.3, 0.4) is 0 Å². The minimum atomic E-state index is -0.703. The van der Waals surface area contributed by atoms with Gasteiger partial charge in [-0.3, -0.25) is 14.5 Å². The lowest BCUT2D eigenvalue weighted by Crippen LogP contribution is -2.44. The molecule has 162 valence electrons. The molecule has 0 spiro atoms. The van der Waals surface area contributed by atoms with E-state index in [1.165, 1.54) is 5.56 Å². The van der Waals surface area contributed by atoms with Gasteiger partial charge in [0.1, 0.15) is 6.04 Å². The number of nitrogens with zero attached hydrogens (tertiary/aromatic N) is 1. The van der Waals surface area contributed by atoms with Gasteiger partial charge in [-0.25, -0.2) is 0 Å². The first kappa shape index (κ1) is 23.6. The Morgan fingerprint density at radius 3 is 1.90 bits per heavy atom. The molecule has 0 aliphatic rings.